The van der Waals surface area contributed by atoms with E-state index < -0.39 is 17.7 Å². The molecule has 2 N–H and O–H groups in total. The monoisotopic (exact) mass is 453 g/mol. The van der Waals surface area contributed by atoms with Crippen LogP contribution in [0.5, 0.6) is 11.5 Å². The lowest BCUT2D eigenvalue weighted by Crippen LogP contribution is -3.05. The lowest BCUT2D eigenvalue weighted by atomic mass is 9.93. The van der Waals surface area contributed by atoms with Gasteiger partial charge in [-0.25, -0.2) is 0 Å². The number of nitrogens with one attached hydrogen (secondary N) is 1. The van der Waals surface area contributed by atoms with Crippen molar-refractivity contribution in [3.05, 3.63) is 64.7 Å². The molecule has 1 saturated heterocycles. The number of hydrogen-bond acceptors (Lipinski definition) is 5. The number of amides is 1. The van der Waals surface area contributed by atoms with Crippen LogP contribution in [0.3, 0.4) is 0 Å². The summed E-state index contributed by atoms with van der Waals surface area (Å²) in [4.78, 5) is 29.0. The van der Waals surface area contributed by atoms with Crippen LogP contribution < -0.4 is 14.4 Å². The third-order valence-electron chi connectivity index (χ3n) is 5.81. The van der Waals surface area contributed by atoms with Crippen molar-refractivity contribution < 1.29 is 29.1 Å². The van der Waals surface area contributed by atoms with E-state index in [0.717, 1.165) is 24.1 Å². The lowest BCUT2D eigenvalue weighted by Gasteiger charge is -2.26. The fourth-order valence-electron chi connectivity index (χ4n) is 4.15. The number of carbonyl (C=O) groups is 2. The van der Waals surface area contributed by atoms with Gasteiger partial charge in [0.05, 0.1) is 46.0 Å². The normalized spacial score (nSPS) is 17.6. The fraction of sp³-hybridized carbons (Fsp3) is 0.385. The summed E-state index contributed by atoms with van der Waals surface area (Å²) < 4.78 is 10.8. The number of ketones is 1. The number of nitrogens with zero attached hydrogens (tertiary/aromatic N) is 1. The molecular formula is C26H33N2O5+. The van der Waals surface area contributed by atoms with E-state index in [1.54, 1.807) is 30.2 Å². The van der Waals surface area contributed by atoms with Crippen molar-refractivity contribution in [3.63, 3.8) is 0 Å². The highest BCUT2D eigenvalue weighted by Gasteiger charge is 2.46. The molecule has 2 aromatic carbocycles. The number of quaternary nitrogens is 1. The second kappa shape index (κ2) is 10.5. The number of likely N-dealkylation sites (tertiary alicyclic amines) is 1. The summed E-state index contributed by atoms with van der Waals surface area (Å²) in [5.41, 5.74) is 2.11. The van der Waals surface area contributed by atoms with Gasteiger partial charge in [0, 0.05) is 18.5 Å². The minimum absolute atomic E-state index is 0.106. The molecule has 0 spiro atoms. The molecule has 0 radical (unpaired) electrons. The second-order valence-corrected chi connectivity index (χ2v) is 8.49. The molecule has 0 saturated carbocycles. The number of Topliss-reactive ketones (excluding diaryl/α,β-unsaturated/α-hetero) is 1. The first-order valence-electron chi connectivity index (χ1n) is 11.2. The van der Waals surface area contributed by atoms with E-state index in [1.165, 1.54) is 4.90 Å². The highest BCUT2D eigenvalue weighted by atomic mass is 16.5. The van der Waals surface area contributed by atoms with Crippen molar-refractivity contribution in [2.24, 2.45) is 0 Å². The number of carbonyl (C=O) groups excluding carboxylic acids is 2. The van der Waals surface area contributed by atoms with Gasteiger partial charge in [0.2, 0.25) is 0 Å². The van der Waals surface area contributed by atoms with Crippen LogP contribution in [0.1, 0.15) is 36.1 Å². The fourth-order valence-corrected chi connectivity index (χ4v) is 4.15. The van der Waals surface area contributed by atoms with Crippen LogP contribution in [0.15, 0.2) is 48.0 Å². The maximum Gasteiger partial charge on any atom is 0.295 e. The molecule has 1 unspecified atom stereocenters. The van der Waals surface area contributed by atoms with Crippen molar-refractivity contribution in [1.82, 2.24) is 4.90 Å². The SMILES string of the molecule is CCOc1ccc(C2C(=C(O)c3ccc(OC)cc3C)C(=O)C(=O)N2CCC[NH+](C)C)cc1. The van der Waals surface area contributed by atoms with E-state index in [0.29, 0.717) is 30.2 Å². The predicted octanol–water partition coefficient (Wildman–Crippen LogP) is 2.36. The number of rotatable bonds is 9. The summed E-state index contributed by atoms with van der Waals surface area (Å²) in [5, 5.41) is 11.3. The van der Waals surface area contributed by atoms with Gasteiger partial charge < -0.3 is 24.4 Å². The Labute approximate surface area is 195 Å². The third kappa shape index (κ3) is 5.20. The molecule has 1 amide bonds. The van der Waals surface area contributed by atoms with Crippen LogP contribution in [-0.2, 0) is 9.59 Å². The Kier molecular flexibility index (Phi) is 7.76. The molecule has 1 aliphatic heterocycles. The number of aryl methyl sites for hydroxylation is 1. The Balaban J connectivity index is 2.09. The zero-order valence-corrected chi connectivity index (χ0v) is 20.0. The average Bonchev–Trinajstić information content (AvgIpc) is 3.04. The molecule has 0 bridgehead atoms. The number of aliphatic hydroxyl groups is 1. The van der Waals surface area contributed by atoms with Crippen LogP contribution in [-0.4, -0.2) is 62.6 Å². The first kappa shape index (κ1) is 24.3. The van der Waals surface area contributed by atoms with Crippen LogP contribution in [0.25, 0.3) is 5.76 Å². The van der Waals surface area contributed by atoms with Gasteiger partial charge in [0.1, 0.15) is 17.3 Å². The van der Waals surface area contributed by atoms with E-state index in [1.807, 2.05) is 52.2 Å². The van der Waals surface area contributed by atoms with Crippen molar-refractivity contribution >= 4 is 17.4 Å². The van der Waals surface area contributed by atoms with E-state index in [4.69, 9.17) is 9.47 Å². The van der Waals surface area contributed by atoms with E-state index in [9.17, 15) is 14.7 Å². The van der Waals surface area contributed by atoms with Crippen LogP contribution in [0.4, 0.5) is 0 Å². The molecular weight excluding hydrogens is 420 g/mol. The smallest absolute Gasteiger partial charge is 0.295 e. The number of methoxy groups -OCH3 is 1. The molecule has 0 aromatic heterocycles. The molecule has 176 valence electrons. The largest absolute Gasteiger partial charge is 0.507 e. The molecule has 1 fully saturated rings. The number of hydrogen-bond donors (Lipinski definition) is 2. The van der Waals surface area contributed by atoms with Crippen molar-refractivity contribution in [2.45, 2.75) is 26.3 Å². The maximum atomic E-state index is 13.2. The molecule has 1 aliphatic rings. The number of ether oxygens (including phenoxy) is 2. The molecule has 0 aliphatic carbocycles. The standard InChI is InChI=1S/C26H32N2O5/c1-6-33-19-10-8-18(9-11-19)23-22(24(29)21-13-12-20(32-5)16-17(21)2)25(30)26(31)28(23)15-7-14-27(3)4/h8-13,16,23,29H,6-7,14-15H2,1-5H3/p+1. The number of aliphatic hydroxyl groups excluding tert-OH is 1. The van der Waals surface area contributed by atoms with E-state index in [-0.39, 0.29) is 11.3 Å². The highest BCUT2D eigenvalue weighted by Crippen LogP contribution is 2.40. The summed E-state index contributed by atoms with van der Waals surface area (Å²) >= 11 is 0. The first-order chi connectivity index (χ1) is 15.8. The van der Waals surface area contributed by atoms with Gasteiger partial charge in [-0.2, -0.15) is 0 Å². The van der Waals surface area contributed by atoms with Gasteiger partial charge in [0.25, 0.3) is 11.7 Å². The molecule has 1 atom stereocenters. The average molecular weight is 454 g/mol. The molecule has 3 rings (SSSR count). The van der Waals surface area contributed by atoms with E-state index >= 15 is 0 Å². The maximum absolute atomic E-state index is 13.2. The van der Waals surface area contributed by atoms with Crippen molar-refractivity contribution in [1.29, 1.82) is 0 Å². The second-order valence-electron chi connectivity index (χ2n) is 8.49. The quantitative estimate of drug-likeness (QED) is 0.346. The summed E-state index contributed by atoms with van der Waals surface area (Å²) in [5.74, 6) is -0.0681. The zero-order chi connectivity index (χ0) is 24.1. The Hall–Kier alpha value is -3.32. The third-order valence-corrected chi connectivity index (χ3v) is 5.81. The van der Waals surface area contributed by atoms with Crippen molar-refractivity contribution in [3.8, 4) is 11.5 Å². The van der Waals surface area contributed by atoms with Crippen LogP contribution in [0, 0.1) is 6.92 Å². The zero-order valence-electron chi connectivity index (χ0n) is 20.0. The summed E-state index contributed by atoms with van der Waals surface area (Å²) in [7, 11) is 5.66. The topological polar surface area (TPSA) is 80.5 Å². The molecule has 33 heavy (non-hydrogen) atoms. The van der Waals surface area contributed by atoms with Crippen molar-refractivity contribution in [2.75, 3.05) is 40.9 Å². The molecule has 1 heterocycles. The van der Waals surface area contributed by atoms with Gasteiger partial charge in [-0.15, -0.1) is 0 Å². The molecule has 2 aromatic rings. The summed E-state index contributed by atoms with van der Waals surface area (Å²) in [6.07, 6.45) is 0.741. The van der Waals surface area contributed by atoms with Crippen LogP contribution in [0.2, 0.25) is 0 Å². The Morgan fingerprint density at radius 2 is 1.76 bits per heavy atom. The Morgan fingerprint density at radius 3 is 2.33 bits per heavy atom. The molecule has 7 nitrogen and oxygen atoms in total. The van der Waals surface area contributed by atoms with Crippen LogP contribution >= 0.6 is 0 Å². The predicted molar refractivity (Wildman–Crippen MR) is 127 cm³/mol. The van der Waals surface area contributed by atoms with E-state index in [2.05, 4.69) is 0 Å². The van der Waals surface area contributed by atoms with Gasteiger partial charge in [-0.3, -0.25) is 9.59 Å². The highest BCUT2D eigenvalue weighted by molar-refractivity contribution is 6.46. The first-order valence-corrected chi connectivity index (χ1v) is 11.2. The van der Waals surface area contributed by atoms with Gasteiger partial charge in [-0.05, 0) is 55.3 Å². The molecule has 7 heteroatoms. The summed E-state index contributed by atoms with van der Waals surface area (Å²) in [6.45, 7) is 5.57. The van der Waals surface area contributed by atoms with Gasteiger partial charge >= 0.3 is 0 Å². The Bertz CT molecular complexity index is 1040. The van der Waals surface area contributed by atoms with Gasteiger partial charge in [0.15, 0.2) is 0 Å². The lowest BCUT2D eigenvalue weighted by molar-refractivity contribution is -0.858. The minimum atomic E-state index is -0.668. The minimum Gasteiger partial charge on any atom is -0.507 e. The Morgan fingerprint density at radius 1 is 1.09 bits per heavy atom. The van der Waals surface area contributed by atoms with Gasteiger partial charge in [-0.1, -0.05) is 12.1 Å². The number of benzene rings is 2. The summed E-state index contributed by atoms with van der Waals surface area (Å²) in [6, 6.07) is 11.9.